The Labute approximate surface area is 101 Å². The van der Waals surface area contributed by atoms with E-state index in [1.807, 2.05) is 0 Å². The van der Waals surface area contributed by atoms with Crippen molar-refractivity contribution < 1.29 is 9.59 Å². The number of fused-ring (bicyclic) bond motifs is 1. The van der Waals surface area contributed by atoms with E-state index in [9.17, 15) is 9.59 Å². The van der Waals surface area contributed by atoms with E-state index in [1.54, 1.807) is 18.2 Å². The fourth-order valence-corrected chi connectivity index (χ4v) is 2.02. The standard InChI is InChI=1S/C13H13NO2Si/c1-17(2,3)7-6-9-4-5-10-11(8-9)13(16)14-12(10)15/h4-5,8H,1-3H3,(H,14,15,16). The van der Waals surface area contributed by atoms with Crippen LogP contribution in [0.1, 0.15) is 26.3 Å². The van der Waals surface area contributed by atoms with Crippen LogP contribution in [-0.4, -0.2) is 19.9 Å². The van der Waals surface area contributed by atoms with Crippen molar-refractivity contribution in [1.29, 1.82) is 0 Å². The van der Waals surface area contributed by atoms with E-state index in [1.165, 1.54) is 0 Å². The quantitative estimate of drug-likeness (QED) is 0.429. The summed E-state index contributed by atoms with van der Waals surface area (Å²) in [5, 5.41) is 2.26. The highest BCUT2D eigenvalue weighted by atomic mass is 28.3. The number of carbonyl (C=O) groups excluding carboxylic acids is 2. The molecule has 4 heteroatoms. The summed E-state index contributed by atoms with van der Waals surface area (Å²) < 4.78 is 0. The first-order valence-corrected chi connectivity index (χ1v) is 8.90. The molecule has 0 atom stereocenters. The molecule has 0 saturated heterocycles. The molecule has 0 radical (unpaired) electrons. The van der Waals surface area contributed by atoms with E-state index in [-0.39, 0.29) is 11.8 Å². The Hall–Kier alpha value is -1.86. The van der Waals surface area contributed by atoms with Crippen molar-refractivity contribution in [3.8, 4) is 11.5 Å². The van der Waals surface area contributed by atoms with Gasteiger partial charge in [-0.05, 0) is 18.2 Å². The molecule has 0 fully saturated rings. The Morgan fingerprint density at radius 2 is 1.71 bits per heavy atom. The molecule has 0 unspecified atom stereocenters. The summed E-state index contributed by atoms with van der Waals surface area (Å²) in [6.45, 7) is 6.47. The summed E-state index contributed by atoms with van der Waals surface area (Å²) in [7, 11) is -1.42. The van der Waals surface area contributed by atoms with Crippen molar-refractivity contribution in [3.05, 3.63) is 34.9 Å². The summed E-state index contributed by atoms with van der Waals surface area (Å²) in [5.74, 6) is 2.41. The molecular formula is C13H13NO2Si. The Bertz CT molecular complexity index is 573. The van der Waals surface area contributed by atoms with Crippen molar-refractivity contribution >= 4 is 19.9 Å². The number of carbonyl (C=O) groups is 2. The molecule has 1 aromatic carbocycles. The highest BCUT2D eigenvalue weighted by molar-refractivity contribution is 6.83. The number of benzene rings is 1. The van der Waals surface area contributed by atoms with Gasteiger partial charge in [-0.3, -0.25) is 14.9 Å². The molecule has 1 aromatic rings. The third kappa shape index (κ3) is 2.45. The molecule has 2 amide bonds. The molecule has 0 saturated carbocycles. The minimum absolute atomic E-state index is 0.324. The Balaban J connectivity index is 2.41. The fraction of sp³-hybridized carbons (Fsp3) is 0.231. The van der Waals surface area contributed by atoms with Crippen LogP contribution in [-0.2, 0) is 0 Å². The molecule has 2 rings (SSSR count). The van der Waals surface area contributed by atoms with Gasteiger partial charge in [0.1, 0.15) is 8.07 Å². The summed E-state index contributed by atoms with van der Waals surface area (Å²) in [4.78, 5) is 22.8. The molecular weight excluding hydrogens is 230 g/mol. The highest BCUT2D eigenvalue weighted by Crippen LogP contribution is 2.16. The lowest BCUT2D eigenvalue weighted by Crippen LogP contribution is -2.19. The minimum atomic E-state index is -1.42. The second-order valence-corrected chi connectivity index (χ2v) is 9.79. The average molecular weight is 243 g/mol. The number of hydrogen-bond acceptors (Lipinski definition) is 2. The van der Waals surface area contributed by atoms with Crippen molar-refractivity contribution in [3.63, 3.8) is 0 Å². The van der Waals surface area contributed by atoms with Gasteiger partial charge in [0, 0.05) is 5.56 Å². The maximum Gasteiger partial charge on any atom is 0.258 e. The van der Waals surface area contributed by atoms with Gasteiger partial charge in [0.25, 0.3) is 11.8 Å². The molecule has 1 aliphatic heterocycles. The van der Waals surface area contributed by atoms with Crippen molar-refractivity contribution in [2.75, 3.05) is 0 Å². The normalized spacial score (nSPS) is 13.8. The molecule has 1 heterocycles. The highest BCUT2D eigenvalue weighted by Gasteiger charge is 2.26. The van der Waals surface area contributed by atoms with Gasteiger partial charge >= 0.3 is 0 Å². The van der Waals surface area contributed by atoms with Crippen LogP contribution < -0.4 is 5.32 Å². The Morgan fingerprint density at radius 1 is 1.06 bits per heavy atom. The van der Waals surface area contributed by atoms with Crippen LogP contribution in [0.15, 0.2) is 18.2 Å². The summed E-state index contributed by atoms with van der Waals surface area (Å²) in [6.07, 6.45) is 0. The molecule has 1 aliphatic rings. The van der Waals surface area contributed by atoms with Gasteiger partial charge in [0.2, 0.25) is 0 Å². The Kier molecular flexibility index (Phi) is 2.64. The number of rotatable bonds is 0. The van der Waals surface area contributed by atoms with Crippen LogP contribution >= 0.6 is 0 Å². The predicted octanol–water partition coefficient (Wildman–Crippen LogP) is 1.80. The lowest BCUT2D eigenvalue weighted by atomic mass is 10.1. The van der Waals surface area contributed by atoms with E-state index >= 15 is 0 Å². The van der Waals surface area contributed by atoms with Crippen molar-refractivity contribution in [1.82, 2.24) is 5.32 Å². The SMILES string of the molecule is C[Si](C)(C)C#Cc1ccc2c(c1)C(=O)NC2=O. The van der Waals surface area contributed by atoms with E-state index < -0.39 is 8.07 Å². The largest absolute Gasteiger partial charge is 0.288 e. The van der Waals surface area contributed by atoms with Crippen LogP contribution in [0.25, 0.3) is 0 Å². The number of amides is 2. The average Bonchev–Trinajstić information content (AvgIpc) is 2.51. The van der Waals surface area contributed by atoms with Gasteiger partial charge < -0.3 is 0 Å². The van der Waals surface area contributed by atoms with Gasteiger partial charge in [-0.1, -0.05) is 25.6 Å². The smallest absolute Gasteiger partial charge is 0.258 e. The van der Waals surface area contributed by atoms with E-state index in [0.29, 0.717) is 11.1 Å². The first-order chi connectivity index (χ1) is 7.87. The van der Waals surface area contributed by atoms with Crippen LogP contribution in [0, 0.1) is 11.5 Å². The van der Waals surface area contributed by atoms with E-state index in [4.69, 9.17) is 0 Å². The third-order valence-corrected chi connectivity index (χ3v) is 3.19. The van der Waals surface area contributed by atoms with E-state index in [0.717, 1.165) is 5.56 Å². The first-order valence-electron chi connectivity index (χ1n) is 5.40. The molecule has 0 bridgehead atoms. The third-order valence-electron chi connectivity index (χ3n) is 2.32. The summed E-state index contributed by atoms with van der Waals surface area (Å²) in [5.41, 5.74) is 4.88. The second-order valence-electron chi connectivity index (χ2n) is 5.04. The first kappa shape index (κ1) is 11.6. The lowest BCUT2D eigenvalue weighted by molar-refractivity contribution is 0.0879. The molecule has 0 aliphatic carbocycles. The molecule has 0 aromatic heterocycles. The van der Waals surface area contributed by atoms with Crippen molar-refractivity contribution in [2.45, 2.75) is 19.6 Å². The molecule has 17 heavy (non-hydrogen) atoms. The lowest BCUT2D eigenvalue weighted by Gasteiger charge is -2.03. The monoisotopic (exact) mass is 243 g/mol. The molecule has 3 nitrogen and oxygen atoms in total. The number of imide groups is 1. The van der Waals surface area contributed by atoms with Gasteiger partial charge in [0.15, 0.2) is 0 Å². The van der Waals surface area contributed by atoms with Crippen molar-refractivity contribution in [2.24, 2.45) is 0 Å². The predicted molar refractivity (Wildman–Crippen MR) is 68.5 cm³/mol. The van der Waals surface area contributed by atoms with Gasteiger partial charge in [-0.15, -0.1) is 5.54 Å². The second kappa shape index (κ2) is 3.86. The maximum atomic E-state index is 11.5. The Morgan fingerprint density at radius 3 is 2.35 bits per heavy atom. The summed E-state index contributed by atoms with van der Waals surface area (Å²) in [6, 6.07) is 5.12. The van der Waals surface area contributed by atoms with Crippen LogP contribution in [0.5, 0.6) is 0 Å². The number of nitrogens with one attached hydrogen (secondary N) is 1. The maximum absolute atomic E-state index is 11.5. The van der Waals surface area contributed by atoms with E-state index in [2.05, 4.69) is 36.4 Å². The zero-order valence-corrected chi connectivity index (χ0v) is 11.0. The van der Waals surface area contributed by atoms with Crippen LogP contribution in [0.4, 0.5) is 0 Å². The van der Waals surface area contributed by atoms with Gasteiger partial charge in [0.05, 0.1) is 11.1 Å². The van der Waals surface area contributed by atoms with Crippen LogP contribution in [0.2, 0.25) is 19.6 Å². The topological polar surface area (TPSA) is 46.2 Å². The minimum Gasteiger partial charge on any atom is -0.288 e. The fourth-order valence-electron chi connectivity index (χ4n) is 1.51. The van der Waals surface area contributed by atoms with Gasteiger partial charge in [-0.25, -0.2) is 0 Å². The molecule has 1 N–H and O–H groups in total. The molecule has 0 spiro atoms. The zero-order chi connectivity index (χ0) is 12.6. The number of hydrogen-bond donors (Lipinski definition) is 1. The zero-order valence-electron chi connectivity index (χ0n) is 10.0. The summed E-state index contributed by atoms with van der Waals surface area (Å²) >= 11 is 0. The van der Waals surface area contributed by atoms with Crippen LogP contribution in [0.3, 0.4) is 0 Å². The molecule has 86 valence electrons. The van der Waals surface area contributed by atoms with Gasteiger partial charge in [-0.2, -0.15) is 0 Å².